The summed E-state index contributed by atoms with van der Waals surface area (Å²) < 4.78 is 29.0. The molecule has 0 N–H and O–H groups in total. The molecule has 7 heteroatoms. The van der Waals surface area contributed by atoms with Crippen LogP contribution in [-0.4, -0.2) is 24.5 Å². The van der Waals surface area contributed by atoms with Crippen LogP contribution in [0.15, 0.2) is 17.4 Å². The molecule has 1 aromatic heterocycles. The Balaban J connectivity index is 2.16. The Morgan fingerprint density at radius 1 is 1.18 bits per heavy atom. The third-order valence-electron chi connectivity index (χ3n) is 2.67. The van der Waals surface area contributed by atoms with Crippen molar-refractivity contribution in [1.29, 1.82) is 0 Å². The van der Waals surface area contributed by atoms with Crippen molar-refractivity contribution >= 4 is 21.7 Å². The van der Waals surface area contributed by atoms with Gasteiger partial charge in [-0.3, -0.25) is 4.18 Å². The van der Waals surface area contributed by atoms with Gasteiger partial charge in [0.05, 0.1) is 6.10 Å². The number of aromatic nitrogens is 2. The monoisotopic (exact) mass is 276 g/mol. The van der Waals surface area contributed by atoms with Crippen LogP contribution >= 0.6 is 11.6 Å². The Bertz CT molecular complexity index is 486. The lowest BCUT2D eigenvalue weighted by Crippen LogP contribution is -2.22. The first-order valence-corrected chi connectivity index (χ1v) is 7.28. The van der Waals surface area contributed by atoms with Crippen LogP contribution in [0.2, 0.25) is 5.15 Å². The molecule has 1 fully saturated rings. The molecule has 94 valence electrons. The molecular formula is C10H13ClN2O3S. The second kappa shape index (κ2) is 5.29. The lowest BCUT2D eigenvalue weighted by molar-refractivity contribution is 0.161. The van der Waals surface area contributed by atoms with E-state index < -0.39 is 10.1 Å². The fourth-order valence-corrected chi connectivity index (χ4v) is 3.34. The summed E-state index contributed by atoms with van der Waals surface area (Å²) in [7, 11) is -3.90. The Morgan fingerprint density at radius 3 is 2.47 bits per heavy atom. The van der Waals surface area contributed by atoms with Crippen LogP contribution in [0.1, 0.15) is 32.1 Å². The number of rotatable bonds is 3. The largest absolute Gasteiger partial charge is 0.318 e. The van der Waals surface area contributed by atoms with Gasteiger partial charge in [-0.25, -0.2) is 9.97 Å². The van der Waals surface area contributed by atoms with E-state index in [1.165, 1.54) is 12.4 Å². The molecule has 1 aliphatic rings. The van der Waals surface area contributed by atoms with Crippen molar-refractivity contribution in [3.63, 3.8) is 0 Å². The van der Waals surface area contributed by atoms with E-state index in [9.17, 15) is 8.42 Å². The lowest BCUT2D eigenvalue weighted by Gasteiger charge is -2.21. The molecule has 0 aromatic carbocycles. The minimum absolute atomic E-state index is 0.150. The predicted octanol–water partition coefficient (Wildman–Crippen LogP) is 2.17. The average molecular weight is 277 g/mol. The zero-order valence-electron chi connectivity index (χ0n) is 9.17. The highest BCUT2D eigenvalue weighted by Crippen LogP contribution is 2.25. The number of nitrogens with zero attached hydrogens (tertiary/aromatic N) is 2. The molecular weight excluding hydrogens is 264 g/mol. The average Bonchev–Trinajstić information content (AvgIpc) is 2.30. The summed E-state index contributed by atoms with van der Waals surface area (Å²) in [5.74, 6) is 0. The van der Waals surface area contributed by atoms with Crippen LogP contribution in [0.4, 0.5) is 0 Å². The van der Waals surface area contributed by atoms with Gasteiger partial charge in [-0.05, 0) is 12.8 Å². The van der Waals surface area contributed by atoms with Gasteiger partial charge in [-0.2, -0.15) is 8.42 Å². The summed E-state index contributed by atoms with van der Waals surface area (Å²) in [6, 6.07) is 0. The summed E-state index contributed by atoms with van der Waals surface area (Å²) in [5, 5.41) is -0.449. The topological polar surface area (TPSA) is 69.2 Å². The number of halogens is 1. The molecule has 0 unspecified atom stereocenters. The van der Waals surface area contributed by atoms with Crippen molar-refractivity contribution in [2.45, 2.75) is 43.2 Å². The van der Waals surface area contributed by atoms with Gasteiger partial charge in [-0.1, -0.05) is 30.9 Å². The second-order valence-electron chi connectivity index (χ2n) is 3.96. The molecule has 0 amide bonds. The van der Waals surface area contributed by atoms with Gasteiger partial charge in [0.1, 0.15) is 0 Å². The Hall–Kier alpha value is -0.720. The van der Waals surface area contributed by atoms with E-state index in [1.54, 1.807) is 0 Å². The molecule has 1 saturated carbocycles. The smallest absolute Gasteiger partial charge is 0.262 e. The van der Waals surface area contributed by atoms with E-state index in [0.717, 1.165) is 32.1 Å². The van der Waals surface area contributed by atoms with Crippen molar-refractivity contribution in [2.24, 2.45) is 0 Å². The van der Waals surface area contributed by atoms with Gasteiger partial charge in [-0.15, -0.1) is 0 Å². The molecule has 0 bridgehead atoms. The van der Waals surface area contributed by atoms with Crippen LogP contribution in [0, 0.1) is 0 Å². The van der Waals surface area contributed by atoms with Gasteiger partial charge in [0.25, 0.3) is 0 Å². The molecule has 0 radical (unpaired) electrons. The molecule has 2 rings (SSSR count). The maximum Gasteiger partial charge on any atom is 0.318 e. The third kappa shape index (κ3) is 3.14. The first-order chi connectivity index (χ1) is 8.09. The highest BCUT2D eigenvalue weighted by atomic mass is 35.5. The Morgan fingerprint density at radius 2 is 1.82 bits per heavy atom. The first kappa shape index (κ1) is 12.7. The van der Waals surface area contributed by atoms with E-state index in [1.807, 2.05) is 0 Å². The quantitative estimate of drug-likeness (QED) is 0.792. The fourth-order valence-electron chi connectivity index (χ4n) is 1.86. The molecule has 0 saturated heterocycles. The van der Waals surface area contributed by atoms with Crippen molar-refractivity contribution < 1.29 is 12.6 Å². The fraction of sp³-hybridized carbons (Fsp3) is 0.600. The van der Waals surface area contributed by atoms with Crippen molar-refractivity contribution in [2.75, 3.05) is 0 Å². The highest BCUT2D eigenvalue weighted by Gasteiger charge is 2.27. The van der Waals surface area contributed by atoms with Crippen LogP contribution in [0.3, 0.4) is 0 Å². The van der Waals surface area contributed by atoms with Crippen LogP contribution < -0.4 is 0 Å². The van der Waals surface area contributed by atoms with Gasteiger partial charge < -0.3 is 0 Å². The summed E-state index contributed by atoms with van der Waals surface area (Å²) in [6.07, 6.45) is 7.00. The van der Waals surface area contributed by atoms with Crippen LogP contribution in [-0.2, 0) is 14.3 Å². The standard InChI is InChI=1S/C10H13ClN2O3S/c11-9-10(13-7-6-12-9)17(14,15)16-8-4-2-1-3-5-8/h6-8H,1-5H2. The zero-order valence-corrected chi connectivity index (χ0v) is 10.7. The van der Waals surface area contributed by atoms with Gasteiger partial charge in [0, 0.05) is 12.4 Å². The zero-order chi connectivity index (χ0) is 12.3. The molecule has 1 aromatic rings. The number of hydrogen-bond acceptors (Lipinski definition) is 5. The van der Waals surface area contributed by atoms with Crippen molar-refractivity contribution in [3.05, 3.63) is 17.5 Å². The van der Waals surface area contributed by atoms with Gasteiger partial charge in [0.2, 0.25) is 5.03 Å². The Labute approximate surface area is 105 Å². The van der Waals surface area contributed by atoms with Crippen LogP contribution in [0.5, 0.6) is 0 Å². The van der Waals surface area contributed by atoms with Crippen molar-refractivity contribution in [1.82, 2.24) is 9.97 Å². The highest BCUT2D eigenvalue weighted by molar-refractivity contribution is 7.86. The summed E-state index contributed by atoms with van der Waals surface area (Å²) >= 11 is 5.69. The maximum absolute atomic E-state index is 11.9. The molecule has 0 spiro atoms. The summed E-state index contributed by atoms with van der Waals surface area (Å²) in [6.45, 7) is 0. The van der Waals surface area contributed by atoms with E-state index in [4.69, 9.17) is 15.8 Å². The predicted molar refractivity (Wildman–Crippen MR) is 62.2 cm³/mol. The van der Waals surface area contributed by atoms with E-state index in [2.05, 4.69) is 9.97 Å². The molecule has 1 aliphatic carbocycles. The summed E-state index contributed by atoms with van der Waals surface area (Å²) in [4.78, 5) is 7.39. The molecule has 17 heavy (non-hydrogen) atoms. The molecule has 1 heterocycles. The first-order valence-electron chi connectivity index (χ1n) is 5.49. The minimum atomic E-state index is -3.90. The SMILES string of the molecule is O=S(=O)(OC1CCCCC1)c1nccnc1Cl. The van der Waals surface area contributed by atoms with Gasteiger partial charge in [0.15, 0.2) is 5.15 Å². The minimum Gasteiger partial charge on any atom is -0.262 e. The van der Waals surface area contributed by atoms with E-state index >= 15 is 0 Å². The lowest BCUT2D eigenvalue weighted by atomic mass is 9.98. The van der Waals surface area contributed by atoms with Gasteiger partial charge >= 0.3 is 10.1 Å². The van der Waals surface area contributed by atoms with Crippen molar-refractivity contribution in [3.8, 4) is 0 Å². The van der Waals surface area contributed by atoms with E-state index in [0.29, 0.717) is 0 Å². The van der Waals surface area contributed by atoms with Crippen LogP contribution in [0.25, 0.3) is 0 Å². The normalized spacial score (nSPS) is 18.2. The molecule has 0 atom stereocenters. The molecule has 5 nitrogen and oxygen atoms in total. The maximum atomic E-state index is 11.9. The third-order valence-corrected chi connectivity index (χ3v) is 4.36. The summed E-state index contributed by atoms with van der Waals surface area (Å²) in [5.41, 5.74) is 0. The molecule has 0 aliphatic heterocycles. The van der Waals surface area contributed by atoms with E-state index in [-0.39, 0.29) is 16.3 Å². The Kier molecular flexibility index (Phi) is 3.96. The second-order valence-corrected chi connectivity index (χ2v) is 5.81. The number of hydrogen-bond donors (Lipinski definition) is 0.